The Hall–Kier alpha value is 1.15. The lowest BCUT2D eigenvalue weighted by Crippen LogP contribution is -2.25. The number of rotatable bonds is 2. The minimum atomic E-state index is -2.44. The van der Waals surface area contributed by atoms with Gasteiger partial charge in [-0.25, -0.2) is 0 Å². The maximum atomic E-state index is 12.4. The van der Waals surface area contributed by atoms with Crippen LogP contribution in [0.1, 0.15) is 27.7 Å². The summed E-state index contributed by atoms with van der Waals surface area (Å²) in [5, 5.41) is 0. The molecule has 0 spiro atoms. The molecule has 15 heavy (non-hydrogen) atoms. The first kappa shape index (κ1) is 14.2. The summed E-state index contributed by atoms with van der Waals surface area (Å²) < 4.78 is 18.0. The van der Waals surface area contributed by atoms with Gasteiger partial charge in [0.25, 0.3) is 0 Å². The summed E-state index contributed by atoms with van der Waals surface area (Å²) in [6, 6.07) is 0. The molecule has 0 radical (unpaired) electrons. The van der Waals surface area contributed by atoms with E-state index in [1.165, 1.54) is 0 Å². The Morgan fingerprint density at radius 2 is 2.07 bits per heavy atom. The Morgan fingerprint density at radius 1 is 1.53 bits per heavy atom. The van der Waals surface area contributed by atoms with Gasteiger partial charge in [0.15, 0.2) is 0 Å². The van der Waals surface area contributed by atoms with E-state index in [2.05, 4.69) is 59.6 Å². The van der Waals surface area contributed by atoms with Crippen molar-refractivity contribution in [3.05, 3.63) is 0 Å². The fourth-order valence-electron chi connectivity index (χ4n) is 1.48. The molecule has 0 saturated carbocycles. The molecule has 1 aliphatic heterocycles. The monoisotopic (exact) mass is 360 g/mol. The van der Waals surface area contributed by atoms with Crippen LogP contribution in [0.3, 0.4) is 0 Å². The normalized spacial score (nSPS) is 42.1. The van der Waals surface area contributed by atoms with Crippen molar-refractivity contribution in [2.24, 2.45) is 5.41 Å². The van der Waals surface area contributed by atoms with Gasteiger partial charge in [0.05, 0.1) is 6.61 Å². The Labute approximate surface area is 109 Å². The molecule has 2 nitrogen and oxygen atoms in total. The highest BCUT2D eigenvalue weighted by atomic mass is 79.9. The summed E-state index contributed by atoms with van der Waals surface area (Å²) in [5.41, 5.74) is 0.0739. The zero-order valence-electron chi connectivity index (χ0n) is 9.72. The molecule has 0 aromatic heterocycles. The van der Waals surface area contributed by atoms with E-state index in [-0.39, 0.29) is 14.6 Å². The highest BCUT2D eigenvalue weighted by Gasteiger charge is 2.48. The number of hydrogen-bond acceptors (Lipinski definition) is 2. The van der Waals surface area contributed by atoms with E-state index < -0.39 is 7.37 Å². The van der Waals surface area contributed by atoms with Crippen molar-refractivity contribution in [2.45, 2.75) is 36.8 Å². The lowest BCUT2D eigenvalue weighted by Gasteiger charge is -2.22. The summed E-state index contributed by atoms with van der Waals surface area (Å²) >= 11 is 7.16. The SMILES string of the molecule is CC(C)(C)COP1(=O)CC(Br)C(C)(Br)C1. The predicted octanol–water partition coefficient (Wildman–Crippen LogP) is 4.26. The van der Waals surface area contributed by atoms with Crippen LogP contribution in [0, 0.1) is 5.41 Å². The van der Waals surface area contributed by atoms with E-state index in [9.17, 15) is 4.57 Å². The molecule has 3 atom stereocenters. The van der Waals surface area contributed by atoms with Crippen molar-refractivity contribution in [3.8, 4) is 0 Å². The molecule has 0 N–H and O–H groups in total. The molecule has 1 fully saturated rings. The molecule has 1 aliphatic rings. The van der Waals surface area contributed by atoms with Crippen LogP contribution in [0.25, 0.3) is 0 Å². The first-order chi connectivity index (χ1) is 6.54. The van der Waals surface area contributed by atoms with E-state index >= 15 is 0 Å². The van der Waals surface area contributed by atoms with Crippen LogP contribution in [0.15, 0.2) is 0 Å². The quantitative estimate of drug-likeness (QED) is 0.542. The molecule has 0 aliphatic carbocycles. The van der Waals surface area contributed by atoms with Gasteiger partial charge in [-0.2, -0.15) is 0 Å². The van der Waals surface area contributed by atoms with Crippen LogP contribution in [0.2, 0.25) is 0 Å². The molecule has 0 aromatic carbocycles. The molecule has 5 heteroatoms. The summed E-state index contributed by atoms with van der Waals surface area (Å²) in [6.07, 6.45) is 1.25. The minimum Gasteiger partial charge on any atom is -0.328 e. The summed E-state index contributed by atoms with van der Waals surface area (Å²) in [7, 11) is -2.44. The minimum absolute atomic E-state index is 0.0739. The highest BCUT2D eigenvalue weighted by Crippen LogP contribution is 2.61. The lowest BCUT2D eigenvalue weighted by molar-refractivity contribution is 0.201. The average molecular weight is 362 g/mol. The second-order valence-electron chi connectivity index (χ2n) is 5.73. The molecular formula is C10H19Br2O2P. The van der Waals surface area contributed by atoms with Crippen molar-refractivity contribution < 1.29 is 9.09 Å². The highest BCUT2D eigenvalue weighted by molar-refractivity contribution is 9.12. The molecule has 3 unspecified atom stereocenters. The van der Waals surface area contributed by atoms with Crippen LogP contribution in [0.5, 0.6) is 0 Å². The van der Waals surface area contributed by atoms with Gasteiger partial charge in [-0.3, -0.25) is 4.57 Å². The van der Waals surface area contributed by atoms with Crippen LogP contribution < -0.4 is 0 Å². The van der Waals surface area contributed by atoms with Crippen LogP contribution in [-0.2, 0) is 9.09 Å². The van der Waals surface area contributed by atoms with Gasteiger partial charge in [-0.1, -0.05) is 52.6 Å². The van der Waals surface area contributed by atoms with E-state index in [0.29, 0.717) is 18.9 Å². The van der Waals surface area contributed by atoms with Crippen molar-refractivity contribution in [1.29, 1.82) is 0 Å². The average Bonchev–Trinajstić information content (AvgIpc) is 2.17. The largest absolute Gasteiger partial charge is 0.328 e. The Bertz CT molecular complexity index is 284. The van der Waals surface area contributed by atoms with E-state index in [1.807, 2.05) is 0 Å². The number of alkyl halides is 2. The standard InChI is InChI=1S/C10H19Br2O2P/c1-9(2,3)6-14-15(13)5-8(11)10(4,12)7-15/h8H,5-7H2,1-4H3. The zero-order chi connectivity index (χ0) is 11.9. The smallest absolute Gasteiger partial charge is 0.205 e. The van der Waals surface area contributed by atoms with E-state index in [4.69, 9.17) is 4.52 Å². The fraction of sp³-hybridized carbons (Fsp3) is 1.00. The molecule has 0 aromatic rings. The van der Waals surface area contributed by atoms with Gasteiger partial charge >= 0.3 is 0 Å². The van der Waals surface area contributed by atoms with Gasteiger partial charge in [0.2, 0.25) is 7.37 Å². The molecule has 1 rings (SSSR count). The van der Waals surface area contributed by atoms with Crippen LogP contribution in [0.4, 0.5) is 0 Å². The third-order valence-corrected chi connectivity index (χ3v) is 8.75. The molecule has 0 bridgehead atoms. The predicted molar refractivity (Wildman–Crippen MR) is 72.8 cm³/mol. The van der Waals surface area contributed by atoms with E-state index in [1.54, 1.807) is 0 Å². The van der Waals surface area contributed by atoms with Crippen LogP contribution in [-0.4, -0.2) is 28.1 Å². The van der Waals surface area contributed by atoms with Crippen molar-refractivity contribution >= 4 is 39.2 Å². The number of hydrogen-bond donors (Lipinski definition) is 0. The van der Waals surface area contributed by atoms with Gasteiger partial charge < -0.3 is 4.52 Å². The van der Waals surface area contributed by atoms with Gasteiger partial charge in [-0.15, -0.1) is 0 Å². The summed E-state index contributed by atoms with van der Waals surface area (Å²) in [6.45, 7) is 8.90. The Morgan fingerprint density at radius 3 is 2.40 bits per heavy atom. The Kier molecular flexibility index (Phi) is 4.20. The number of halogens is 2. The first-order valence-corrected chi connectivity index (χ1v) is 8.80. The first-order valence-electron chi connectivity index (χ1n) is 5.10. The van der Waals surface area contributed by atoms with Crippen molar-refractivity contribution in [2.75, 3.05) is 18.9 Å². The molecule has 1 heterocycles. The second kappa shape index (κ2) is 4.44. The molecular weight excluding hydrogens is 343 g/mol. The topological polar surface area (TPSA) is 26.3 Å². The molecule has 90 valence electrons. The maximum absolute atomic E-state index is 12.4. The fourth-order valence-corrected chi connectivity index (χ4v) is 7.77. The van der Waals surface area contributed by atoms with Gasteiger partial charge in [-0.05, 0) is 12.3 Å². The third kappa shape index (κ3) is 4.14. The summed E-state index contributed by atoms with van der Waals surface area (Å²) in [5.74, 6) is 0. The Balaban J connectivity index is 2.61. The van der Waals surface area contributed by atoms with Crippen LogP contribution >= 0.6 is 39.2 Å². The lowest BCUT2D eigenvalue weighted by atomic mass is 9.99. The van der Waals surface area contributed by atoms with Gasteiger partial charge in [0.1, 0.15) is 0 Å². The van der Waals surface area contributed by atoms with E-state index in [0.717, 1.165) is 0 Å². The zero-order valence-corrected chi connectivity index (χ0v) is 13.8. The maximum Gasteiger partial charge on any atom is 0.205 e. The summed E-state index contributed by atoms with van der Waals surface area (Å²) in [4.78, 5) is 0.232. The second-order valence-corrected chi connectivity index (χ2v) is 11.2. The molecule has 1 saturated heterocycles. The third-order valence-electron chi connectivity index (χ3n) is 2.37. The van der Waals surface area contributed by atoms with Crippen molar-refractivity contribution in [1.82, 2.24) is 0 Å². The van der Waals surface area contributed by atoms with Gasteiger partial charge in [0, 0.05) is 21.5 Å². The molecule has 0 amide bonds. The van der Waals surface area contributed by atoms with Crippen molar-refractivity contribution in [3.63, 3.8) is 0 Å².